The van der Waals surface area contributed by atoms with Crippen molar-refractivity contribution in [1.29, 1.82) is 5.26 Å². The molecule has 0 bridgehead atoms. The highest BCUT2D eigenvalue weighted by Gasteiger charge is 2.08. The van der Waals surface area contributed by atoms with Crippen molar-refractivity contribution in [3.05, 3.63) is 57.0 Å². The van der Waals surface area contributed by atoms with Crippen LogP contribution in [0.2, 0.25) is 15.1 Å². The van der Waals surface area contributed by atoms with Gasteiger partial charge in [0, 0.05) is 20.8 Å². The number of nitrogens with zero attached hydrogens (tertiary/aromatic N) is 1. The SMILES string of the molecule is N#Cc1ccc(Cl)cc1NC(=O)CNc1cc(Cl)cc(Cl)c1. The minimum absolute atomic E-state index is 0.00590. The summed E-state index contributed by atoms with van der Waals surface area (Å²) in [5.74, 6) is -0.324. The summed E-state index contributed by atoms with van der Waals surface area (Å²) in [7, 11) is 0. The molecule has 0 aliphatic heterocycles. The standard InChI is InChI=1S/C15H10Cl3N3O/c16-10-2-1-9(7-19)14(6-10)21-15(22)8-20-13-4-11(17)3-12(18)5-13/h1-6,20H,8H2,(H,21,22). The molecule has 0 radical (unpaired) electrons. The van der Waals surface area contributed by atoms with Gasteiger partial charge < -0.3 is 10.6 Å². The van der Waals surface area contributed by atoms with Gasteiger partial charge in [0.1, 0.15) is 6.07 Å². The Kier molecular flexibility index (Phi) is 5.51. The number of benzene rings is 2. The van der Waals surface area contributed by atoms with Crippen LogP contribution >= 0.6 is 34.8 Å². The van der Waals surface area contributed by atoms with E-state index in [4.69, 9.17) is 40.1 Å². The van der Waals surface area contributed by atoms with Gasteiger partial charge in [0.05, 0.1) is 17.8 Å². The van der Waals surface area contributed by atoms with E-state index in [2.05, 4.69) is 10.6 Å². The Hall–Kier alpha value is -1.93. The van der Waals surface area contributed by atoms with Crippen molar-refractivity contribution in [3.8, 4) is 6.07 Å². The van der Waals surface area contributed by atoms with E-state index in [1.807, 2.05) is 6.07 Å². The second-order valence-corrected chi connectivity index (χ2v) is 5.67. The fourth-order valence-electron chi connectivity index (χ4n) is 1.75. The summed E-state index contributed by atoms with van der Waals surface area (Å²) in [6.45, 7) is -0.00590. The van der Waals surface area contributed by atoms with Crippen molar-refractivity contribution in [2.75, 3.05) is 17.2 Å². The smallest absolute Gasteiger partial charge is 0.243 e. The summed E-state index contributed by atoms with van der Waals surface area (Å²) >= 11 is 17.6. The van der Waals surface area contributed by atoms with E-state index in [1.54, 1.807) is 30.3 Å². The summed E-state index contributed by atoms with van der Waals surface area (Å²) in [5.41, 5.74) is 1.33. The molecule has 0 atom stereocenters. The number of hydrogen-bond donors (Lipinski definition) is 2. The number of anilines is 2. The minimum Gasteiger partial charge on any atom is -0.376 e. The van der Waals surface area contributed by atoms with Crippen LogP contribution < -0.4 is 10.6 Å². The highest BCUT2D eigenvalue weighted by atomic mass is 35.5. The van der Waals surface area contributed by atoms with E-state index < -0.39 is 0 Å². The van der Waals surface area contributed by atoms with Crippen LogP contribution in [0.4, 0.5) is 11.4 Å². The van der Waals surface area contributed by atoms with Crippen LogP contribution in [0.5, 0.6) is 0 Å². The van der Waals surface area contributed by atoms with Gasteiger partial charge in [0.15, 0.2) is 0 Å². The third kappa shape index (κ3) is 4.54. The maximum Gasteiger partial charge on any atom is 0.243 e. The molecule has 4 nitrogen and oxygen atoms in total. The third-order valence-corrected chi connectivity index (χ3v) is 3.36. The number of nitriles is 1. The molecule has 2 aromatic rings. The predicted octanol–water partition coefficient (Wildman–Crippen LogP) is 4.57. The first-order valence-electron chi connectivity index (χ1n) is 6.17. The lowest BCUT2D eigenvalue weighted by Gasteiger charge is -2.10. The quantitative estimate of drug-likeness (QED) is 0.845. The molecule has 0 heterocycles. The molecule has 0 spiro atoms. The molecule has 0 aliphatic rings. The van der Waals surface area contributed by atoms with Crippen molar-refractivity contribution in [2.24, 2.45) is 0 Å². The molecule has 2 aromatic carbocycles. The number of nitrogens with one attached hydrogen (secondary N) is 2. The van der Waals surface area contributed by atoms with Gasteiger partial charge in [-0.2, -0.15) is 5.26 Å². The molecule has 22 heavy (non-hydrogen) atoms. The van der Waals surface area contributed by atoms with Crippen molar-refractivity contribution in [2.45, 2.75) is 0 Å². The largest absolute Gasteiger partial charge is 0.376 e. The van der Waals surface area contributed by atoms with Gasteiger partial charge in [-0.25, -0.2) is 0 Å². The highest BCUT2D eigenvalue weighted by molar-refractivity contribution is 6.35. The summed E-state index contributed by atoms with van der Waals surface area (Å²) in [6.07, 6.45) is 0. The summed E-state index contributed by atoms with van der Waals surface area (Å²) in [5, 5.41) is 15.9. The molecule has 2 rings (SSSR count). The van der Waals surface area contributed by atoms with Crippen LogP contribution in [0, 0.1) is 11.3 Å². The van der Waals surface area contributed by atoms with Gasteiger partial charge in [-0.15, -0.1) is 0 Å². The predicted molar refractivity (Wildman–Crippen MR) is 89.7 cm³/mol. The van der Waals surface area contributed by atoms with Crippen LogP contribution in [-0.2, 0) is 4.79 Å². The maximum absolute atomic E-state index is 11.9. The molecule has 0 fully saturated rings. The number of halogens is 3. The van der Waals surface area contributed by atoms with Gasteiger partial charge >= 0.3 is 0 Å². The number of carbonyl (C=O) groups excluding carboxylic acids is 1. The Bertz CT molecular complexity index is 736. The molecule has 0 saturated carbocycles. The molecule has 112 valence electrons. The van der Waals surface area contributed by atoms with E-state index >= 15 is 0 Å². The first kappa shape index (κ1) is 16.4. The molecule has 1 amide bonds. The average Bonchev–Trinajstić information content (AvgIpc) is 2.44. The first-order chi connectivity index (χ1) is 10.5. The zero-order valence-corrected chi connectivity index (χ0v) is 13.4. The van der Waals surface area contributed by atoms with Gasteiger partial charge in [-0.3, -0.25) is 4.79 Å². The van der Waals surface area contributed by atoms with Crippen molar-refractivity contribution < 1.29 is 4.79 Å². The van der Waals surface area contributed by atoms with E-state index in [0.717, 1.165) is 0 Å². The van der Waals surface area contributed by atoms with E-state index in [9.17, 15) is 4.79 Å². The molecular weight excluding hydrogens is 345 g/mol. The maximum atomic E-state index is 11.9. The summed E-state index contributed by atoms with van der Waals surface area (Å²) in [6, 6.07) is 11.5. The van der Waals surface area contributed by atoms with Crippen LogP contribution in [-0.4, -0.2) is 12.5 Å². The number of carbonyl (C=O) groups is 1. The van der Waals surface area contributed by atoms with Crippen molar-refractivity contribution in [1.82, 2.24) is 0 Å². The van der Waals surface area contributed by atoms with Crippen molar-refractivity contribution in [3.63, 3.8) is 0 Å². The molecule has 0 aliphatic carbocycles. The Labute approximate surface area is 142 Å². The average molecular weight is 355 g/mol. The Morgan fingerprint density at radius 2 is 1.73 bits per heavy atom. The lowest BCUT2D eigenvalue weighted by molar-refractivity contribution is -0.114. The van der Waals surface area contributed by atoms with E-state index in [1.165, 1.54) is 6.07 Å². The Morgan fingerprint density at radius 1 is 1.05 bits per heavy atom. The minimum atomic E-state index is -0.324. The van der Waals surface area contributed by atoms with Crippen molar-refractivity contribution >= 4 is 52.1 Å². The zero-order valence-electron chi connectivity index (χ0n) is 11.2. The zero-order chi connectivity index (χ0) is 16.1. The van der Waals surface area contributed by atoms with Gasteiger partial charge in [-0.1, -0.05) is 34.8 Å². The normalized spacial score (nSPS) is 9.91. The molecular formula is C15H10Cl3N3O. The summed E-state index contributed by atoms with van der Waals surface area (Å²) < 4.78 is 0. The monoisotopic (exact) mass is 353 g/mol. The fraction of sp³-hybridized carbons (Fsp3) is 0.0667. The molecule has 0 saturated heterocycles. The first-order valence-corrected chi connectivity index (χ1v) is 7.31. The Balaban J connectivity index is 2.02. The number of amides is 1. The van der Waals surface area contributed by atoms with Gasteiger partial charge in [-0.05, 0) is 36.4 Å². The van der Waals surface area contributed by atoms with Crippen LogP contribution in [0.3, 0.4) is 0 Å². The second-order valence-electron chi connectivity index (χ2n) is 4.36. The number of hydrogen-bond acceptors (Lipinski definition) is 3. The van der Waals surface area contributed by atoms with Gasteiger partial charge in [0.25, 0.3) is 0 Å². The lowest BCUT2D eigenvalue weighted by Crippen LogP contribution is -2.22. The second kappa shape index (κ2) is 7.37. The molecule has 0 aromatic heterocycles. The van der Waals surface area contributed by atoms with Crippen LogP contribution in [0.15, 0.2) is 36.4 Å². The third-order valence-electron chi connectivity index (χ3n) is 2.69. The fourth-order valence-corrected chi connectivity index (χ4v) is 2.45. The lowest BCUT2D eigenvalue weighted by atomic mass is 10.2. The van der Waals surface area contributed by atoms with Crippen LogP contribution in [0.25, 0.3) is 0 Å². The topological polar surface area (TPSA) is 64.9 Å². The Morgan fingerprint density at radius 3 is 2.36 bits per heavy atom. The molecule has 7 heteroatoms. The summed E-state index contributed by atoms with van der Waals surface area (Å²) in [4.78, 5) is 11.9. The van der Waals surface area contributed by atoms with E-state index in [0.29, 0.717) is 32.0 Å². The van der Waals surface area contributed by atoms with Crippen LogP contribution in [0.1, 0.15) is 5.56 Å². The van der Waals surface area contributed by atoms with E-state index in [-0.39, 0.29) is 12.5 Å². The van der Waals surface area contributed by atoms with Gasteiger partial charge in [0.2, 0.25) is 5.91 Å². The highest BCUT2D eigenvalue weighted by Crippen LogP contribution is 2.23. The molecule has 2 N–H and O–H groups in total. The molecule has 0 unspecified atom stereocenters. The number of rotatable bonds is 4.